The van der Waals surface area contributed by atoms with Crippen molar-refractivity contribution in [1.82, 2.24) is 0 Å². The van der Waals surface area contributed by atoms with Gasteiger partial charge in [-0.05, 0) is 30.4 Å². The summed E-state index contributed by atoms with van der Waals surface area (Å²) in [5, 5.41) is 27.5. The Bertz CT molecular complexity index is 734. The van der Waals surface area contributed by atoms with E-state index < -0.39 is 29.7 Å². The minimum Gasteiger partial charge on any atom is -0.382 e. The fourth-order valence-corrected chi connectivity index (χ4v) is 3.34. The quantitative estimate of drug-likeness (QED) is 0.847. The van der Waals surface area contributed by atoms with Crippen LogP contribution >= 0.6 is 0 Å². The van der Waals surface area contributed by atoms with E-state index in [1.165, 1.54) is 11.0 Å². The van der Waals surface area contributed by atoms with Gasteiger partial charge in [0.1, 0.15) is 23.5 Å². The van der Waals surface area contributed by atoms with Gasteiger partial charge in [-0.1, -0.05) is 0 Å². The van der Waals surface area contributed by atoms with E-state index in [4.69, 9.17) is 10.5 Å². The zero-order chi connectivity index (χ0) is 16.9. The monoisotopic (exact) mass is 325 g/mol. The van der Waals surface area contributed by atoms with Gasteiger partial charge in [0.05, 0.1) is 11.6 Å². The van der Waals surface area contributed by atoms with E-state index in [2.05, 4.69) is 0 Å². The molecule has 0 spiro atoms. The van der Waals surface area contributed by atoms with E-state index in [1.807, 2.05) is 0 Å². The molecule has 1 aromatic carbocycles. The summed E-state index contributed by atoms with van der Waals surface area (Å²) in [6, 6.07) is 4.18. The molecule has 4 atom stereocenters. The van der Waals surface area contributed by atoms with Crippen LogP contribution in [0.1, 0.15) is 17.5 Å². The lowest BCUT2D eigenvalue weighted by molar-refractivity contribution is -0.210. The van der Waals surface area contributed by atoms with Crippen LogP contribution in [0.4, 0.5) is 23.2 Å². The molecule has 0 aromatic heterocycles. The van der Waals surface area contributed by atoms with Crippen LogP contribution in [0, 0.1) is 40.3 Å². The van der Waals surface area contributed by atoms with Gasteiger partial charge in [0, 0.05) is 12.2 Å². The number of rotatable bonds is 2. The maximum atomic E-state index is 13.9. The van der Waals surface area contributed by atoms with Crippen molar-refractivity contribution in [2.45, 2.75) is 24.7 Å². The van der Waals surface area contributed by atoms with Gasteiger partial charge >= 0.3 is 6.18 Å². The topological polar surface area (TPSA) is 71.1 Å². The van der Waals surface area contributed by atoms with Crippen LogP contribution in [-0.4, -0.2) is 30.0 Å². The molecule has 23 heavy (non-hydrogen) atoms. The van der Waals surface area contributed by atoms with Crippen LogP contribution < -0.4 is 4.90 Å². The SMILES string of the molecule is N#Cc1cc(N2CC3CC3C2C(O)C(F)(F)F)cc(F)c1C#N. The Hall–Kier alpha value is -2.32. The van der Waals surface area contributed by atoms with Crippen LogP contribution in [0.3, 0.4) is 0 Å². The number of anilines is 1. The molecule has 3 rings (SSSR count). The molecule has 2 fully saturated rings. The van der Waals surface area contributed by atoms with Crippen molar-refractivity contribution in [3.63, 3.8) is 0 Å². The van der Waals surface area contributed by atoms with Crippen LogP contribution in [0.2, 0.25) is 0 Å². The number of piperidine rings is 1. The number of hydrogen-bond acceptors (Lipinski definition) is 4. The van der Waals surface area contributed by atoms with Gasteiger partial charge in [0.2, 0.25) is 0 Å². The minimum atomic E-state index is -4.77. The first kappa shape index (κ1) is 15.6. The summed E-state index contributed by atoms with van der Waals surface area (Å²) in [6.45, 7) is 0.263. The Kier molecular flexibility index (Phi) is 3.46. The van der Waals surface area contributed by atoms with Crippen LogP contribution in [0.5, 0.6) is 0 Å². The zero-order valence-corrected chi connectivity index (χ0v) is 11.7. The molecule has 0 amide bonds. The fourth-order valence-electron chi connectivity index (χ4n) is 3.34. The summed E-state index contributed by atoms with van der Waals surface area (Å²) in [4.78, 5) is 1.29. The maximum Gasteiger partial charge on any atom is 0.416 e. The molecule has 1 saturated heterocycles. The second-order valence-electron chi connectivity index (χ2n) is 5.86. The average Bonchev–Trinajstić information content (AvgIpc) is 3.15. The Morgan fingerprint density at radius 1 is 1.26 bits per heavy atom. The number of nitriles is 2. The maximum absolute atomic E-state index is 13.9. The van der Waals surface area contributed by atoms with E-state index in [-0.39, 0.29) is 29.6 Å². The number of halogens is 4. The van der Waals surface area contributed by atoms with Crippen molar-refractivity contribution >= 4 is 5.69 Å². The number of aliphatic hydroxyl groups is 1. The summed E-state index contributed by atoms with van der Waals surface area (Å²) in [6.07, 6.45) is -6.72. The second-order valence-corrected chi connectivity index (χ2v) is 5.86. The molecule has 1 aliphatic carbocycles. The number of hydrogen-bond donors (Lipinski definition) is 1. The van der Waals surface area contributed by atoms with E-state index in [0.29, 0.717) is 6.42 Å². The first-order valence-corrected chi connectivity index (χ1v) is 6.93. The summed E-state index contributed by atoms with van der Waals surface area (Å²) in [5.74, 6) is -1.22. The van der Waals surface area contributed by atoms with Crippen molar-refractivity contribution in [2.24, 2.45) is 11.8 Å². The molecule has 1 N–H and O–H groups in total. The van der Waals surface area contributed by atoms with Gasteiger partial charge in [0.15, 0.2) is 6.10 Å². The van der Waals surface area contributed by atoms with Crippen molar-refractivity contribution in [1.29, 1.82) is 10.5 Å². The molecular weight excluding hydrogens is 314 g/mol. The Morgan fingerprint density at radius 3 is 2.52 bits per heavy atom. The van der Waals surface area contributed by atoms with E-state index >= 15 is 0 Å². The predicted molar refractivity (Wildman–Crippen MR) is 70.6 cm³/mol. The average molecular weight is 325 g/mol. The van der Waals surface area contributed by atoms with E-state index in [9.17, 15) is 22.7 Å². The van der Waals surface area contributed by atoms with Crippen LogP contribution in [0.25, 0.3) is 0 Å². The number of benzene rings is 1. The highest BCUT2D eigenvalue weighted by atomic mass is 19.4. The third kappa shape index (κ3) is 2.49. The minimum absolute atomic E-state index is 0.0289. The molecule has 4 unspecified atom stereocenters. The molecular formula is C15H11F4N3O. The van der Waals surface area contributed by atoms with Crippen molar-refractivity contribution < 1.29 is 22.7 Å². The predicted octanol–water partition coefficient (Wildman–Crippen LogP) is 2.32. The third-order valence-electron chi connectivity index (χ3n) is 4.50. The largest absolute Gasteiger partial charge is 0.416 e. The summed E-state index contributed by atoms with van der Waals surface area (Å²) in [5.41, 5.74) is -0.588. The Labute approximate surface area is 129 Å². The first-order valence-electron chi connectivity index (χ1n) is 6.93. The van der Waals surface area contributed by atoms with Gasteiger partial charge < -0.3 is 10.0 Å². The smallest absolute Gasteiger partial charge is 0.382 e. The van der Waals surface area contributed by atoms with E-state index in [0.717, 1.165) is 6.07 Å². The zero-order valence-electron chi connectivity index (χ0n) is 11.7. The second kappa shape index (κ2) is 5.10. The molecule has 1 saturated carbocycles. The lowest BCUT2D eigenvalue weighted by Crippen LogP contribution is -2.49. The molecule has 0 radical (unpaired) electrons. The summed E-state index contributed by atoms with van der Waals surface area (Å²) < 4.78 is 52.6. The Balaban J connectivity index is 2.00. The van der Waals surface area contributed by atoms with Gasteiger partial charge in [0.25, 0.3) is 0 Å². The lowest BCUT2D eigenvalue weighted by atomic mass is 10.0. The number of fused-ring (bicyclic) bond motifs is 1. The van der Waals surface area contributed by atoms with Gasteiger partial charge in [-0.25, -0.2) is 4.39 Å². The third-order valence-corrected chi connectivity index (χ3v) is 4.50. The molecule has 1 aromatic rings. The highest BCUT2D eigenvalue weighted by Gasteiger charge is 2.60. The summed E-state index contributed by atoms with van der Waals surface area (Å²) >= 11 is 0. The molecule has 2 aliphatic rings. The van der Waals surface area contributed by atoms with Crippen molar-refractivity contribution in [3.8, 4) is 12.1 Å². The highest BCUT2D eigenvalue weighted by molar-refractivity contribution is 5.60. The highest BCUT2D eigenvalue weighted by Crippen LogP contribution is 2.53. The van der Waals surface area contributed by atoms with Crippen LogP contribution in [0.15, 0.2) is 12.1 Å². The molecule has 4 nitrogen and oxygen atoms in total. The Morgan fingerprint density at radius 2 is 1.96 bits per heavy atom. The number of alkyl halides is 3. The molecule has 1 heterocycles. The first-order chi connectivity index (χ1) is 10.8. The summed E-state index contributed by atoms with van der Waals surface area (Å²) in [7, 11) is 0. The van der Waals surface area contributed by atoms with Gasteiger partial charge in [-0.15, -0.1) is 0 Å². The standard InChI is InChI=1S/C15H11F4N3O/c16-12-3-9(1-7(4-20)11(12)5-21)22-6-8-2-10(8)13(22)14(23)15(17,18)19/h1,3,8,10,13-14,23H,2,6H2. The van der Waals surface area contributed by atoms with Gasteiger partial charge in [-0.3, -0.25) is 0 Å². The number of aliphatic hydroxyl groups excluding tert-OH is 1. The van der Waals surface area contributed by atoms with Gasteiger partial charge in [-0.2, -0.15) is 23.7 Å². The molecule has 1 aliphatic heterocycles. The molecule has 0 bridgehead atoms. The van der Waals surface area contributed by atoms with Crippen LogP contribution in [-0.2, 0) is 0 Å². The van der Waals surface area contributed by atoms with Crippen molar-refractivity contribution in [3.05, 3.63) is 29.1 Å². The van der Waals surface area contributed by atoms with E-state index in [1.54, 1.807) is 12.1 Å². The lowest BCUT2D eigenvalue weighted by Gasteiger charge is -2.34. The number of nitrogens with zero attached hydrogens (tertiary/aromatic N) is 3. The normalized spacial score (nSPS) is 27.1. The fraction of sp³-hybridized carbons (Fsp3) is 0.467. The molecule has 120 valence electrons. The molecule has 8 heteroatoms. The van der Waals surface area contributed by atoms with Crippen molar-refractivity contribution in [2.75, 3.05) is 11.4 Å².